The third-order valence-corrected chi connectivity index (χ3v) is 5.26. The highest BCUT2D eigenvalue weighted by Gasteiger charge is 2.17. The lowest BCUT2D eigenvalue weighted by Crippen LogP contribution is -2.33. The zero-order chi connectivity index (χ0) is 14.8. The molecule has 1 aliphatic rings. The van der Waals surface area contributed by atoms with Crippen molar-refractivity contribution in [3.63, 3.8) is 0 Å². The summed E-state index contributed by atoms with van der Waals surface area (Å²) in [5.41, 5.74) is 0.899. The summed E-state index contributed by atoms with van der Waals surface area (Å²) in [7, 11) is -1.50. The Morgan fingerprint density at radius 3 is 2.60 bits per heavy atom. The van der Waals surface area contributed by atoms with Gasteiger partial charge in [-0.3, -0.25) is 0 Å². The SMILES string of the molecule is CN1CCC(CNc2ccc(S(N)(=O)=O)cc2Br)CC1. The van der Waals surface area contributed by atoms with Crippen LogP contribution in [0.25, 0.3) is 0 Å². The van der Waals surface area contributed by atoms with Crippen molar-refractivity contribution in [3.05, 3.63) is 22.7 Å². The fourth-order valence-corrected chi connectivity index (χ4v) is 3.55. The Labute approximate surface area is 128 Å². The highest BCUT2D eigenvalue weighted by atomic mass is 79.9. The molecule has 1 aromatic carbocycles. The molecule has 0 amide bonds. The van der Waals surface area contributed by atoms with Crippen molar-refractivity contribution >= 4 is 31.6 Å². The predicted molar refractivity (Wildman–Crippen MR) is 84.2 cm³/mol. The van der Waals surface area contributed by atoms with E-state index in [1.807, 2.05) is 0 Å². The molecule has 20 heavy (non-hydrogen) atoms. The van der Waals surface area contributed by atoms with Gasteiger partial charge in [-0.15, -0.1) is 0 Å². The molecule has 7 heteroatoms. The number of nitrogens with one attached hydrogen (secondary N) is 1. The summed E-state index contributed by atoms with van der Waals surface area (Å²) in [5, 5.41) is 8.48. The maximum atomic E-state index is 11.3. The van der Waals surface area contributed by atoms with Crippen LogP contribution < -0.4 is 10.5 Å². The molecule has 0 atom stereocenters. The number of nitrogens with zero attached hydrogens (tertiary/aromatic N) is 1. The zero-order valence-electron chi connectivity index (χ0n) is 11.5. The van der Waals surface area contributed by atoms with Crippen LogP contribution in [0.4, 0.5) is 5.69 Å². The van der Waals surface area contributed by atoms with Crippen LogP contribution in [-0.2, 0) is 10.0 Å². The first-order valence-electron chi connectivity index (χ1n) is 6.61. The van der Waals surface area contributed by atoms with E-state index in [0.717, 1.165) is 29.8 Å². The van der Waals surface area contributed by atoms with E-state index in [9.17, 15) is 8.42 Å². The van der Waals surface area contributed by atoms with Crippen molar-refractivity contribution in [2.45, 2.75) is 17.7 Å². The average molecular weight is 362 g/mol. The minimum atomic E-state index is -3.65. The molecule has 0 spiro atoms. The quantitative estimate of drug-likeness (QED) is 0.857. The Bertz CT molecular complexity index is 569. The maximum absolute atomic E-state index is 11.3. The molecular formula is C13H20BrN3O2S. The monoisotopic (exact) mass is 361 g/mol. The first kappa shape index (κ1) is 15.8. The molecule has 1 heterocycles. The average Bonchev–Trinajstić information content (AvgIpc) is 2.38. The van der Waals surface area contributed by atoms with Crippen molar-refractivity contribution in [3.8, 4) is 0 Å². The van der Waals surface area contributed by atoms with Gasteiger partial charge in [-0.1, -0.05) is 0 Å². The molecule has 0 aromatic heterocycles. The zero-order valence-corrected chi connectivity index (χ0v) is 13.9. The van der Waals surface area contributed by atoms with Crippen LogP contribution in [0.15, 0.2) is 27.6 Å². The summed E-state index contributed by atoms with van der Waals surface area (Å²) in [6, 6.07) is 4.81. The summed E-state index contributed by atoms with van der Waals surface area (Å²) < 4.78 is 23.2. The number of hydrogen-bond acceptors (Lipinski definition) is 4. The van der Waals surface area contributed by atoms with Gasteiger partial charge in [0.25, 0.3) is 0 Å². The van der Waals surface area contributed by atoms with Crippen LogP contribution in [-0.4, -0.2) is 40.0 Å². The molecule has 1 fully saturated rings. The Kier molecular flexibility index (Phi) is 5.06. The number of primary sulfonamides is 1. The van der Waals surface area contributed by atoms with Gasteiger partial charge in [0.05, 0.1) is 4.90 Å². The minimum absolute atomic E-state index is 0.120. The minimum Gasteiger partial charge on any atom is -0.384 e. The molecule has 2 rings (SSSR count). The van der Waals surface area contributed by atoms with E-state index in [4.69, 9.17) is 5.14 Å². The number of nitrogens with two attached hydrogens (primary N) is 1. The molecule has 1 aliphatic heterocycles. The highest BCUT2D eigenvalue weighted by Crippen LogP contribution is 2.26. The number of halogens is 1. The van der Waals surface area contributed by atoms with Gasteiger partial charge in [-0.25, -0.2) is 13.6 Å². The fourth-order valence-electron chi connectivity index (χ4n) is 2.34. The fraction of sp³-hybridized carbons (Fsp3) is 0.538. The Morgan fingerprint density at radius 1 is 1.40 bits per heavy atom. The molecule has 1 saturated heterocycles. The molecule has 0 saturated carbocycles. The number of benzene rings is 1. The smallest absolute Gasteiger partial charge is 0.238 e. The van der Waals surface area contributed by atoms with Gasteiger partial charge in [0.2, 0.25) is 10.0 Å². The Morgan fingerprint density at radius 2 is 2.05 bits per heavy atom. The topological polar surface area (TPSA) is 75.4 Å². The molecule has 112 valence electrons. The summed E-state index contributed by atoms with van der Waals surface area (Å²) in [4.78, 5) is 2.46. The second-order valence-electron chi connectivity index (χ2n) is 5.31. The first-order chi connectivity index (χ1) is 9.36. The third-order valence-electron chi connectivity index (χ3n) is 3.69. The standard InChI is InChI=1S/C13H20BrN3O2S/c1-17-6-4-10(5-7-17)9-16-13-3-2-11(8-12(13)14)20(15,18)19/h2-3,8,10,16H,4-7,9H2,1H3,(H2,15,18,19). The first-order valence-corrected chi connectivity index (χ1v) is 8.95. The lowest BCUT2D eigenvalue weighted by atomic mass is 9.97. The van der Waals surface area contributed by atoms with Crippen molar-refractivity contribution in [1.82, 2.24) is 4.90 Å². The summed E-state index contributed by atoms with van der Waals surface area (Å²) >= 11 is 3.38. The second-order valence-corrected chi connectivity index (χ2v) is 7.73. The number of piperidine rings is 1. The van der Waals surface area contributed by atoms with E-state index in [0.29, 0.717) is 5.92 Å². The molecule has 1 aromatic rings. The molecule has 3 N–H and O–H groups in total. The van der Waals surface area contributed by atoms with E-state index >= 15 is 0 Å². The molecular weight excluding hydrogens is 342 g/mol. The van der Waals surface area contributed by atoms with E-state index in [2.05, 4.69) is 33.2 Å². The van der Waals surface area contributed by atoms with E-state index in [1.165, 1.54) is 25.0 Å². The second kappa shape index (κ2) is 6.43. The van der Waals surface area contributed by atoms with Crippen LogP contribution in [0, 0.1) is 5.92 Å². The number of hydrogen-bond donors (Lipinski definition) is 2. The van der Waals surface area contributed by atoms with E-state index < -0.39 is 10.0 Å². The predicted octanol–water partition coefficient (Wildman–Crippen LogP) is 1.85. The van der Waals surface area contributed by atoms with Gasteiger partial charge in [0.15, 0.2) is 0 Å². The largest absolute Gasteiger partial charge is 0.384 e. The van der Waals surface area contributed by atoms with Crippen LogP contribution in [0.2, 0.25) is 0 Å². The lowest BCUT2D eigenvalue weighted by Gasteiger charge is -2.29. The van der Waals surface area contributed by atoms with Crippen LogP contribution >= 0.6 is 15.9 Å². The normalized spacial score (nSPS) is 18.1. The summed E-state index contributed by atoms with van der Waals surface area (Å²) in [5.74, 6) is 0.663. The third kappa shape index (κ3) is 4.18. The maximum Gasteiger partial charge on any atom is 0.238 e. The molecule has 0 bridgehead atoms. The molecule has 0 aliphatic carbocycles. The van der Waals surface area contributed by atoms with Gasteiger partial charge in [0, 0.05) is 16.7 Å². The van der Waals surface area contributed by atoms with Crippen LogP contribution in [0.3, 0.4) is 0 Å². The Hall–Kier alpha value is -0.630. The van der Waals surface area contributed by atoms with Gasteiger partial charge < -0.3 is 10.2 Å². The van der Waals surface area contributed by atoms with Gasteiger partial charge in [0.1, 0.15) is 0 Å². The molecule has 0 unspecified atom stereocenters. The van der Waals surface area contributed by atoms with Crippen molar-refractivity contribution in [2.24, 2.45) is 11.1 Å². The van der Waals surface area contributed by atoms with Gasteiger partial charge >= 0.3 is 0 Å². The van der Waals surface area contributed by atoms with Crippen LogP contribution in [0.5, 0.6) is 0 Å². The van der Waals surface area contributed by atoms with Crippen molar-refractivity contribution < 1.29 is 8.42 Å². The van der Waals surface area contributed by atoms with Crippen molar-refractivity contribution in [1.29, 1.82) is 0 Å². The van der Waals surface area contributed by atoms with E-state index in [-0.39, 0.29) is 4.90 Å². The summed E-state index contributed by atoms with van der Waals surface area (Å²) in [6.45, 7) is 3.18. The molecule has 5 nitrogen and oxygen atoms in total. The number of rotatable bonds is 4. The van der Waals surface area contributed by atoms with Crippen LogP contribution in [0.1, 0.15) is 12.8 Å². The van der Waals surface area contributed by atoms with Gasteiger partial charge in [-0.2, -0.15) is 0 Å². The van der Waals surface area contributed by atoms with E-state index in [1.54, 1.807) is 6.07 Å². The molecule has 0 radical (unpaired) electrons. The van der Waals surface area contributed by atoms with Gasteiger partial charge in [-0.05, 0) is 73.0 Å². The number of anilines is 1. The number of sulfonamides is 1. The number of likely N-dealkylation sites (tertiary alicyclic amines) is 1. The highest BCUT2D eigenvalue weighted by molar-refractivity contribution is 9.10. The summed E-state index contributed by atoms with van der Waals surface area (Å²) in [6.07, 6.45) is 2.38. The lowest BCUT2D eigenvalue weighted by molar-refractivity contribution is 0.226. The Balaban J connectivity index is 1.97. The van der Waals surface area contributed by atoms with Crippen molar-refractivity contribution in [2.75, 3.05) is 32.0 Å².